The minimum Gasteiger partial charge on any atom is -0.342 e. The number of fused-ring (bicyclic) bond motifs is 1. The van der Waals surface area contributed by atoms with E-state index in [1.165, 1.54) is 11.1 Å². The van der Waals surface area contributed by atoms with Gasteiger partial charge in [0.1, 0.15) is 5.82 Å². The van der Waals surface area contributed by atoms with Gasteiger partial charge in [0.15, 0.2) is 0 Å². The zero-order valence-electron chi connectivity index (χ0n) is 11.6. The second-order valence-electron chi connectivity index (χ2n) is 5.38. The molecule has 0 aliphatic carbocycles. The fraction of sp³-hybridized carbons (Fsp3) is 0.533. The second-order valence-corrected chi connectivity index (χ2v) is 5.38. The molecule has 0 fully saturated rings. The van der Waals surface area contributed by atoms with Crippen molar-refractivity contribution in [2.75, 3.05) is 6.54 Å². The predicted octanol–water partition coefficient (Wildman–Crippen LogP) is 3.10. The molecular weight excluding hydrogens is 222 g/mol. The van der Waals surface area contributed by atoms with Crippen LogP contribution in [0.4, 0.5) is 0 Å². The largest absolute Gasteiger partial charge is 0.342 e. The van der Waals surface area contributed by atoms with Crippen LogP contribution < -0.4 is 5.73 Å². The molecule has 0 aliphatic heterocycles. The third-order valence-electron chi connectivity index (χ3n) is 3.50. The van der Waals surface area contributed by atoms with E-state index in [0.29, 0.717) is 5.92 Å². The number of benzene rings is 1. The number of nitrogens with one attached hydrogen (secondary N) is 1. The maximum Gasteiger partial charge on any atom is 0.107 e. The van der Waals surface area contributed by atoms with Crippen LogP contribution in [0, 0.1) is 19.8 Å². The number of nitrogens with two attached hydrogens (primary N) is 1. The summed E-state index contributed by atoms with van der Waals surface area (Å²) in [5, 5.41) is 0. The average Bonchev–Trinajstić information content (AvgIpc) is 2.70. The van der Waals surface area contributed by atoms with E-state index in [4.69, 9.17) is 10.7 Å². The number of nitrogens with zero attached hydrogens (tertiary/aromatic N) is 1. The smallest absolute Gasteiger partial charge is 0.107 e. The van der Waals surface area contributed by atoms with E-state index in [-0.39, 0.29) is 0 Å². The van der Waals surface area contributed by atoms with Crippen molar-refractivity contribution in [3.8, 4) is 0 Å². The Kier molecular flexibility index (Phi) is 4.02. The Bertz CT molecular complexity index is 528. The fourth-order valence-corrected chi connectivity index (χ4v) is 2.45. The number of imidazole rings is 1. The maximum absolute atomic E-state index is 5.57. The van der Waals surface area contributed by atoms with Gasteiger partial charge in [-0.05, 0) is 56.3 Å². The first-order valence-electron chi connectivity index (χ1n) is 6.76. The van der Waals surface area contributed by atoms with E-state index in [2.05, 4.69) is 37.9 Å². The molecule has 0 amide bonds. The molecule has 3 heteroatoms. The minimum atomic E-state index is 0.672. The first kappa shape index (κ1) is 13.1. The van der Waals surface area contributed by atoms with Crippen LogP contribution >= 0.6 is 0 Å². The van der Waals surface area contributed by atoms with Gasteiger partial charge in [0.25, 0.3) is 0 Å². The van der Waals surface area contributed by atoms with Gasteiger partial charge in [-0.2, -0.15) is 0 Å². The molecule has 0 radical (unpaired) electrons. The van der Waals surface area contributed by atoms with E-state index in [9.17, 15) is 0 Å². The molecule has 1 heterocycles. The molecule has 18 heavy (non-hydrogen) atoms. The third kappa shape index (κ3) is 2.91. The Morgan fingerprint density at radius 2 is 2.06 bits per heavy atom. The van der Waals surface area contributed by atoms with Crippen molar-refractivity contribution in [1.29, 1.82) is 0 Å². The van der Waals surface area contributed by atoms with Gasteiger partial charge in [-0.25, -0.2) is 4.98 Å². The van der Waals surface area contributed by atoms with Crippen molar-refractivity contribution in [3.05, 3.63) is 29.1 Å². The first-order valence-corrected chi connectivity index (χ1v) is 6.76. The lowest BCUT2D eigenvalue weighted by atomic mass is 10.0. The number of aromatic amines is 1. The highest BCUT2D eigenvalue weighted by Crippen LogP contribution is 2.19. The fourth-order valence-electron chi connectivity index (χ4n) is 2.45. The quantitative estimate of drug-likeness (QED) is 0.850. The van der Waals surface area contributed by atoms with Gasteiger partial charge in [0, 0.05) is 6.42 Å². The molecule has 2 rings (SSSR count). The summed E-state index contributed by atoms with van der Waals surface area (Å²) in [5.74, 6) is 1.77. The molecule has 0 aliphatic rings. The van der Waals surface area contributed by atoms with Gasteiger partial charge in [-0.1, -0.05) is 13.0 Å². The number of hydrogen-bond acceptors (Lipinski definition) is 2. The SMILES string of the molecule is Cc1cc(C)c2nc(CCC(C)CCN)[nH]c2c1. The summed E-state index contributed by atoms with van der Waals surface area (Å²) in [6.07, 6.45) is 3.25. The van der Waals surface area contributed by atoms with Gasteiger partial charge in [0.05, 0.1) is 11.0 Å². The van der Waals surface area contributed by atoms with Crippen LogP contribution in [0.1, 0.15) is 36.7 Å². The van der Waals surface area contributed by atoms with Crippen LogP contribution in [-0.2, 0) is 6.42 Å². The summed E-state index contributed by atoms with van der Waals surface area (Å²) >= 11 is 0. The summed E-state index contributed by atoms with van der Waals surface area (Å²) < 4.78 is 0. The second kappa shape index (κ2) is 5.53. The monoisotopic (exact) mass is 245 g/mol. The van der Waals surface area contributed by atoms with Gasteiger partial charge in [-0.15, -0.1) is 0 Å². The van der Waals surface area contributed by atoms with Gasteiger partial charge in [0.2, 0.25) is 0 Å². The van der Waals surface area contributed by atoms with Gasteiger partial charge in [-0.3, -0.25) is 0 Å². The molecule has 3 N–H and O–H groups in total. The first-order chi connectivity index (χ1) is 8.60. The van der Waals surface area contributed by atoms with E-state index in [1.54, 1.807) is 0 Å². The van der Waals surface area contributed by atoms with Crippen LogP contribution in [0.15, 0.2) is 12.1 Å². The van der Waals surface area contributed by atoms with Crippen molar-refractivity contribution in [1.82, 2.24) is 9.97 Å². The van der Waals surface area contributed by atoms with Crippen LogP contribution in [-0.4, -0.2) is 16.5 Å². The molecule has 0 spiro atoms. The Morgan fingerprint density at radius 3 is 2.78 bits per heavy atom. The van der Waals surface area contributed by atoms with Crippen molar-refractivity contribution in [2.24, 2.45) is 11.7 Å². The third-order valence-corrected chi connectivity index (χ3v) is 3.50. The van der Waals surface area contributed by atoms with E-state index in [0.717, 1.165) is 42.7 Å². The van der Waals surface area contributed by atoms with Crippen LogP contribution in [0.3, 0.4) is 0 Å². The van der Waals surface area contributed by atoms with Gasteiger partial charge < -0.3 is 10.7 Å². The molecule has 3 nitrogen and oxygen atoms in total. The lowest BCUT2D eigenvalue weighted by Gasteiger charge is -2.07. The highest BCUT2D eigenvalue weighted by atomic mass is 14.9. The summed E-state index contributed by atoms with van der Waals surface area (Å²) in [4.78, 5) is 8.13. The van der Waals surface area contributed by atoms with Crippen molar-refractivity contribution in [2.45, 2.75) is 40.0 Å². The molecule has 1 aromatic carbocycles. The van der Waals surface area contributed by atoms with Gasteiger partial charge >= 0.3 is 0 Å². The molecular formula is C15H23N3. The zero-order chi connectivity index (χ0) is 13.1. The standard InChI is InChI=1S/C15H23N3/c1-10(6-7-16)4-5-14-17-13-9-11(2)8-12(3)15(13)18-14/h8-10H,4-7,16H2,1-3H3,(H,17,18). The lowest BCUT2D eigenvalue weighted by Crippen LogP contribution is -2.06. The predicted molar refractivity (Wildman–Crippen MR) is 76.7 cm³/mol. The van der Waals surface area contributed by atoms with Crippen molar-refractivity contribution >= 4 is 11.0 Å². The summed E-state index contributed by atoms with van der Waals surface area (Å²) in [6, 6.07) is 4.35. The number of rotatable bonds is 5. The Labute approximate surface area is 109 Å². The average molecular weight is 245 g/mol. The van der Waals surface area contributed by atoms with Crippen LogP contribution in [0.25, 0.3) is 11.0 Å². The van der Waals surface area contributed by atoms with Crippen molar-refractivity contribution < 1.29 is 0 Å². The Balaban J connectivity index is 2.13. The molecule has 2 aromatic rings. The summed E-state index contributed by atoms with van der Waals surface area (Å²) in [7, 11) is 0. The molecule has 0 saturated carbocycles. The minimum absolute atomic E-state index is 0.672. The Morgan fingerprint density at radius 1 is 1.28 bits per heavy atom. The number of aromatic nitrogens is 2. The number of H-pyrrole nitrogens is 1. The Hall–Kier alpha value is -1.35. The van der Waals surface area contributed by atoms with Crippen molar-refractivity contribution in [3.63, 3.8) is 0 Å². The van der Waals surface area contributed by atoms with E-state index < -0.39 is 0 Å². The van der Waals surface area contributed by atoms with E-state index >= 15 is 0 Å². The topological polar surface area (TPSA) is 54.7 Å². The molecule has 0 bridgehead atoms. The number of aryl methyl sites for hydroxylation is 3. The lowest BCUT2D eigenvalue weighted by molar-refractivity contribution is 0.495. The van der Waals surface area contributed by atoms with Crippen LogP contribution in [0.5, 0.6) is 0 Å². The molecule has 1 unspecified atom stereocenters. The maximum atomic E-state index is 5.57. The molecule has 98 valence electrons. The highest BCUT2D eigenvalue weighted by molar-refractivity contribution is 5.79. The highest BCUT2D eigenvalue weighted by Gasteiger charge is 2.08. The summed E-state index contributed by atoms with van der Waals surface area (Å²) in [5.41, 5.74) is 10.4. The van der Waals surface area contributed by atoms with E-state index in [1.807, 2.05) is 0 Å². The summed E-state index contributed by atoms with van der Waals surface area (Å²) in [6.45, 7) is 7.28. The number of hydrogen-bond donors (Lipinski definition) is 2. The molecule has 1 aromatic heterocycles. The van der Waals surface area contributed by atoms with Crippen LogP contribution in [0.2, 0.25) is 0 Å². The molecule has 0 saturated heterocycles. The zero-order valence-corrected chi connectivity index (χ0v) is 11.6. The molecule has 1 atom stereocenters. The normalized spacial score (nSPS) is 13.1.